The van der Waals surface area contributed by atoms with Crippen molar-refractivity contribution in [1.29, 1.82) is 0 Å². The Morgan fingerprint density at radius 2 is 1.00 bits per heavy atom. The van der Waals surface area contributed by atoms with Gasteiger partial charge in [0.15, 0.2) is 0 Å². The predicted molar refractivity (Wildman–Crippen MR) is 24.8 cm³/mol. The van der Waals surface area contributed by atoms with Crippen molar-refractivity contribution < 1.29 is 38.1 Å². The first-order chi connectivity index (χ1) is 3.41. The van der Waals surface area contributed by atoms with Gasteiger partial charge in [0.1, 0.15) is 0 Å². The van der Waals surface area contributed by atoms with Gasteiger partial charge in [0.2, 0.25) is 0 Å². The molecule has 0 aliphatic heterocycles. The molecule has 0 rings (SSSR count). The molecule has 8 heavy (non-hydrogen) atoms. The molecule has 0 aliphatic rings. The Labute approximate surface area is 74.2 Å². The minimum absolute atomic E-state index is 2.00. The molecule has 0 spiro atoms. The Bertz CT molecular complexity index is 72.5. The quantitative estimate of drug-likeness (QED) is 0.633. The summed E-state index contributed by atoms with van der Waals surface area (Å²) in [5, 5.41) is 0. The molecule has 0 heterocycles. The molecule has 0 unspecified atom stereocenters. The van der Waals surface area contributed by atoms with Crippen LogP contribution in [-0.4, -0.2) is 0 Å². The van der Waals surface area contributed by atoms with E-state index >= 15 is 0 Å². The van der Waals surface area contributed by atoms with E-state index in [-0.39, 0.29) is 0 Å². The first kappa shape index (κ1) is 12.8. The van der Waals surface area contributed by atoms with Crippen molar-refractivity contribution in [3.8, 4) is 0 Å². The Hall–Kier alpha value is 2.19. The summed E-state index contributed by atoms with van der Waals surface area (Å²) in [5.41, 5.74) is 0. The van der Waals surface area contributed by atoms with Crippen LogP contribution in [0, 0.1) is 0 Å². The van der Waals surface area contributed by atoms with Gasteiger partial charge in [0.25, 0.3) is 0 Å². The molecule has 0 saturated heterocycles. The summed E-state index contributed by atoms with van der Waals surface area (Å²) < 4.78 is 17.0. The monoisotopic (exact) mass is 268 g/mol. The van der Waals surface area contributed by atoms with E-state index < -0.39 is 31.4 Å². The maximum atomic E-state index is 8.50. The molecule has 0 amide bonds. The average Bonchev–Trinajstić information content (AvgIpc) is 1.27. The molecule has 0 aliphatic carbocycles. The van der Waals surface area contributed by atoms with Gasteiger partial charge in [-0.05, 0) is 0 Å². The van der Waals surface area contributed by atoms with Crippen molar-refractivity contribution >= 4 is 37.2 Å². The van der Waals surface area contributed by atoms with Crippen LogP contribution in [0.5, 0.6) is 0 Å². The molecule has 0 saturated carbocycles. The van der Waals surface area contributed by atoms with Crippen LogP contribution in [0.25, 0.3) is 0 Å². The van der Waals surface area contributed by atoms with Crippen LogP contribution in [0.4, 0.5) is 0 Å². The Morgan fingerprint density at radius 3 is 1.00 bits per heavy atom. The fourth-order valence-corrected chi connectivity index (χ4v) is 0. The van der Waals surface area contributed by atoms with Crippen molar-refractivity contribution in [2.75, 3.05) is 0 Å². The summed E-state index contributed by atoms with van der Waals surface area (Å²) in [5.74, 6) is 0. The predicted octanol–water partition coefficient (Wildman–Crippen LogP) is 2.52. The Kier molecular flexibility index (Phi) is 11.7. The van der Waals surface area contributed by atoms with Crippen LogP contribution in [0.15, 0.2) is 0 Å². The fraction of sp³-hybridized carbons (Fsp3) is 0. The zero-order valence-electron chi connectivity index (χ0n) is 3.33. The zero-order valence-corrected chi connectivity index (χ0v) is 9.48. The van der Waals surface area contributed by atoms with Crippen molar-refractivity contribution in [3.63, 3.8) is 0 Å². The Morgan fingerprint density at radius 1 is 1.00 bits per heavy atom. The summed E-state index contributed by atoms with van der Waals surface area (Å²) in [4.78, 5) is 0. The van der Waals surface area contributed by atoms with E-state index in [9.17, 15) is 0 Å². The van der Waals surface area contributed by atoms with E-state index in [1.54, 1.807) is 0 Å². The van der Waals surface area contributed by atoms with Gasteiger partial charge in [-0.2, -0.15) is 0 Å². The van der Waals surface area contributed by atoms with Crippen molar-refractivity contribution in [2.24, 2.45) is 0 Å². The van der Waals surface area contributed by atoms with E-state index in [2.05, 4.69) is 0 Å². The van der Waals surface area contributed by atoms with Gasteiger partial charge < -0.3 is 0 Å². The normalized spacial score (nSPS) is 8.50. The van der Waals surface area contributed by atoms with Gasteiger partial charge in [0, 0.05) is 0 Å². The van der Waals surface area contributed by atoms with Crippen LogP contribution in [0.3, 0.4) is 0 Å². The summed E-state index contributed by atoms with van der Waals surface area (Å²) in [7, 11) is 20.1. The minimum atomic E-state index is -3.11. The summed E-state index contributed by atoms with van der Waals surface area (Å²) in [6, 6.07) is 0. The summed E-state index contributed by atoms with van der Waals surface area (Å²) >= 11 is -5.11. The molecular formula is Cl4O2Ti2. The third-order valence-electron chi connectivity index (χ3n) is 0. The first-order valence-corrected chi connectivity index (χ1v) is 11.0. The van der Waals surface area contributed by atoms with Crippen LogP contribution in [0.1, 0.15) is 0 Å². The van der Waals surface area contributed by atoms with Gasteiger partial charge in [0.05, 0.1) is 0 Å². The first-order valence-electron chi connectivity index (χ1n) is 1.16. The molecule has 0 bridgehead atoms. The van der Waals surface area contributed by atoms with E-state index in [0.717, 1.165) is 0 Å². The number of hydrogen-bond donors (Lipinski definition) is 0. The molecule has 0 radical (unpaired) electrons. The van der Waals surface area contributed by atoms with Crippen LogP contribution in [0.2, 0.25) is 0 Å². The average molecular weight is 270 g/mol. The van der Waals surface area contributed by atoms with Gasteiger partial charge >= 0.3 is 75.3 Å². The van der Waals surface area contributed by atoms with Crippen LogP contribution >= 0.6 is 37.2 Å². The SMILES string of the molecule is [Cl][Ti]([Cl])([Cl])[Cl].[O]=[Ti]=[O]. The number of hydrogen-bond acceptors (Lipinski definition) is 2. The van der Waals surface area contributed by atoms with Gasteiger partial charge in [-0.3, -0.25) is 0 Å². The third-order valence-corrected chi connectivity index (χ3v) is 0. The molecular weight excluding hydrogens is 270 g/mol. The van der Waals surface area contributed by atoms with Gasteiger partial charge in [-0.1, -0.05) is 0 Å². The fourth-order valence-electron chi connectivity index (χ4n) is 0. The van der Waals surface area contributed by atoms with E-state index in [1.165, 1.54) is 0 Å². The van der Waals surface area contributed by atoms with E-state index in [0.29, 0.717) is 0 Å². The second-order valence-corrected chi connectivity index (χ2v) is 16.2. The van der Waals surface area contributed by atoms with Gasteiger partial charge in [-0.25, -0.2) is 0 Å². The topological polar surface area (TPSA) is 34.1 Å². The van der Waals surface area contributed by atoms with Crippen LogP contribution in [-0.2, 0) is 38.1 Å². The van der Waals surface area contributed by atoms with Crippen molar-refractivity contribution in [3.05, 3.63) is 0 Å². The molecule has 0 aromatic heterocycles. The molecule has 0 fully saturated rings. The second kappa shape index (κ2) is 7.30. The van der Waals surface area contributed by atoms with Crippen LogP contribution < -0.4 is 0 Å². The van der Waals surface area contributed by atoms with Crippen molar-refractivity contribution in [2.45, 2.75) is 0 Å². The molecule has 0 N–H and O–H groups in total. The molecule has 0 aromatic carbocycles. The zero-order chi connectivity index (χ0) is 7.21. The number of halogens is 4. The van der Waals surface area contributed by atoms with Gasteiger partial charge in [-0.15, -0.1) is 0 Å². The summed E-state index contributed by atoms with van der Waals surface area (Å²) in [6.07, 6.45) is 0. The maximum absolute atomic E-state index is 8.50. The Balaban J connectivity index is 0. The van der Waals surface area contributed by atoms with Crippen molar-refractivity contribution in [1.82, 2.24) is 0 Å². The molecule has 0 atom stereocenters. The van der Waals surface area contributed by atoms with E-state index in [4.69, 9.17) is 43.9 Å². The second-order valence-electron chi connectivity index (χ2n) is 0.512. The third kappa shape index (κ3) is 88.3. The molecule has 2 nitrogen and oxygen atoms in total. The number of rotatable bonds is 0. The molecule has 8 heteroatoms. The molecule has 48 valence electrons. The standard InChI is InChI=1S/4ClH.2O.2Ti/h4*1H;;;;/q;;;;;;;+4/p-4. The molecule has 0 aromatic rings. The summed E-state index contributed by atoms with van der Waals surface area (Å²) in [6.45, 7) is 0. The van der Waals surface area contributed by atoms with E-state index in [1.807, 2.05) is 0 Å².